The van der Waals surface area contributed by atoms with Gasteiger partial charge in [-0.15, -0.1) is 0 Å². The van der Waals surface area contributed by atoms with E-state index in [9.17, 15) is 14.0 Å². The van der Waals surface area contributed by atoms with E-state index in [-0.39, 0.29) is 11.5 Å². The molecule has 1 fully saturated rings. The second kappa shape index (κ2) is 9.30. The van der Waals surface area contributed by atoms with Gasteiger partial charge in [0.25, 0.3) is 5.91 Å². The number of nitrogens with zero attached hydrogens (tertiary/aromatic N) is 2. The van der Waals surface area contributed by atoms with Crippen LogP contribution in [0.3, 0.4) is 0 Å². The zero-order chi connectivity index (χ0) is 19.9. The van der Waals surface area contributed by atoms with Crippen LogP contribution in [-0.2, 0) is 4.79 Å². The molecule has 2 aromatic rings. The third-order valence-corrected chi connectivity index (χ3v) is 4.77. The highest BCUT2D eigenvalue weighted by molar-refractivity contribution is 6.01. The molecule has 148 valence electrons. The number of carbonyl (C=O) groups excluding carboxylic acids is 2. The van der Waals surface area contributed by atoms with Gasteiger partial charge in [-0.2, -0.15) is 4.39 Å². The Morgan fingerprint density at radius 1 is 1.21 bits per heavy atom. The van der Waals surface area contributed by atoms with Crippen molar-refractivity contribution >= 4 is 23.2 Å². The summed E-state index contributed by atoms with van der Waals surface area (Å²) < 4.78 is 13.3. The molecule has 0 saturated carbocycles. The molecule has 1 aromatic carbocycles. The first-order valence-electron chi connectivity index (χ1n) is 9.65. The smallest absolute Gasteiger partial charge is 0.252 e. The standard InChI is InChI=1S/C21H25FN4O2/c1-2-6-18(25-20(27)15-9-10-23-19(22)13-15)21(28)24-16-7-5-8-17(14-16)26-11-3-4-12-26/h5,7-10,13-14,18H,2-4,6,11-12H2,1H3,(H,24,28)(H,25,27). The molecule has 1 unspecified atom stereocenters. The van der Waals surface area contributed by atoms with Crippen LogP contribution in [0, 0.1) is 5.95 Å². The van der Waals surface area contributed by atoms with Gasteiger partial charge in [-0.25, -0.2) is 4.98 Å². The Bertz CT molecular complexity index is 837. The molecule has 2 heterocycles. The van der Waals surface area contributed by atoms with E-state index in [2.05, 4.69) is 20.5 Å². The van der Waals surface area contributed by atoms with Crippen molar-refractivity contribution in [1.29, 1.82) is 0 Å². The third kappa shape index (κ3) is 5.06. The molecule has 0 spiro atoms. The number of benzene rings is 1. The molecule has 1 saturated heterocycles. The summed E-state index contributed by atoms with van der Waals surface area (Å²) >= 11 is 0. The highest BCUT2D eigenvalue weighted by atomic mass is 19.1. The molecule has 1 aromatic heterocycles. The van der Waals surface area contributed by atoms with Crippen LogP contribution < -0.4 is 15.5 Å². The van der Waals surface area contributed by atoms with Gasteiger partial charge < -0.3 is 15.5 Å². The van der Waals surface area contributed by atoms with E-state index >= 15 is 0 Å². The number of nitrogens with one attached hydrogen (secondary N) is 2. The summed E-state index contributed by atoms with van der Waals surface area (Å²) in [4.78, 5) is 30.8. The summed E-state index contributed by atoms with van der Waals surface area (Å²) in [6.45, 7) is 3.98. The van der Waals surface area contributed by atoms with Gasteiger partial charge in [0.05, 0.1) is 0 Å². The number of hydrogen-bond acceptors (Lipinski definition) is 4. The van der Waals surface area contributed by atoms with Crippen LogP contribution in [0.4, 0.5) is 15.8 Å². The van der Waals surface area contributed by atoms with Gasteiger partial charge in [0.15, 0.2) is 0 Å². The maximum Gasteiger partial charge on any atom is 0.252 e. The molecule has 2 N–H and O–H groups in total. The first kappa shape index (κ1) is 19.8. The number of carbonyl (C=O) groups is 2. The highest BCUT2D eigenvalue weighted by Gasteiger charge is 2.21. The summed E-state index contributed by atoms with van der Waals surface area (Å²) in [5, 5.41) is 5.59. The van der Waals surface area contributed by atoms with Crippen molar-refractivity contribution in [3.05, 3.63) is 54.1 Å². The SMILES string of the molecule is CCCC(NC(=O)c1ccnc(F)c1)C(=O)Nc1cccc(N2CCCC2)c1. The van der Waals surface area contributed by atoms with Gasteiger partial charge in [0, 0.05) is 42.3 Å². The fourth-order valence-corrected chi connectivity index (χ4v) is 3.33. The maximum atomic E-state index is 13.3. The number of anilines is 2. The van der Waals surface area contributed by atoms with Crippen LogP contribution in [0.25, 0.3) is 0 Å². The zero-order valence-corrected chi connectivity index (χ0v) is 16.0. The molecule has 1 aliphatic heterocycles. The topological polar surface area (TPSA) is 74.3 Å². The fourth-order valence-electron chi connectivity index (χ4n) is 3.33. The molecule has 0 aliphatic carbocycles. The van der Waals surface area contributed by atoms with E-state index < -0.39 is 17.9 Å². The lowest BCUT2D eigenvalue weighted by atomic mass is 10.1. The number of rotatable bonds is 7. The minimum absolute atomic E-state index is 0.137. The number of amides is 2. The fraction of sp³-hybridized carbons (Fsp3) is 0.381. The van der Waals surface area contributed by atoms with Crippen molar-refractivity contribution in [3.8, 4) is 0 Å². The Morgan fingerprint density at radius 2 is 2.00 bits per heavy atom. The van der Waals surface area contributed by atoms with Gasteiger partial charge in [-0.05, 0) is 43.5 Å². The molecule has 6 nitrogen and oxygen atoms in total. The Morgan fingerprint density at radius 3 is 2.71 bits per heavy atom. The number of aromatic nitrogens is 1. The summed E-state index contributed by atoms with van der Waals surface area (Å²) in [6.07, 6.45) is 4.78. The van der Waals surface area contributed by atoms with Crippen molar-refractivity contribution < 1.29 is 14.0 Å². The van der Waals surface area contributed by atoms with E-state index in [1.54, 1.807) is 0 Å². The second-order valence-electron chi connectivity index (χ2n) is 6.92. The first-order valence-corrected chi connectivity index (χ1v) is 9.65. The van der Waals surface area contributed by atoms with E-state index in [4.69, 9.17) is 0 Å². The maximum absolute atomic E-state index is 13.3. The van der Waals surface area contributed by atoms with Crippen molar-refractivity contribution in [1.82, 2.24) is 10.3 Å². The molecule has 28 heavy (non-hydrogen) atoms. The van der Waals surface area contributed by atoms with Crippen LogP contribution in [0.2, 0.25) is 0 Å². The van der Waals surface area contributed by atoms with Crippen molar-refractivity contribution in [2.45, 2.75) is 38.6 Å². The van der Waals surface area contributed by atoms with Crippen LogP contribution in [0.1, 0.15) is 43.0 Å². The Hall–Kier alpha value is -2.96. The molecule has 2 amide bonds. The predicted molar refractivity (Wildman–Crippen MR) is 107 cm³/mol. The number of pyridine rings is 1. The first-order chi connectivity index (χ1) is 13.6. The van der Waals surface area contributed by atoms with Gasteiger partial charge in [0.1, 0.15) is 6.04 Å². The molecule has 1 atom stereocenters. The number of halogens is 1. The molecular formula is C21H25FN4O2. The quantitative estimate of drug-likeness (QED) is 0.718. The van der Waals surface area contributed by atoms with Crippen LogP contribution in [-0.4, -0.2) is 35.9 Å². The van der Waals surface area contributed by atoms with Crippen LogP contribution in [0.5, 0.6) is 0 Å². The lowest BCUT2D eigenvalue weighted by Gasteiger charge is -2.20. The molecular weight excluding hydrogens is 359 g/mol. The lowest BCUT2D eigenvalue weighted by Crippen LogP contribution is -2.43. The predicted octanol–water partition coefficient (Wildman–Crippen LogP) is 3.36. The second-order valence-corrected chi connectivity index (χ2v) is 6.92. The number of hydrogen-bond donors (Lipinski definition) is 2. The largest absolute Gasteiger partial charge is 0.371 e. The van der Waals surface area contributed by atoms with Gasteiger partial charge >= 0.3 is 0 Å². The van der Waals surface area contributed by atoms with Crippen LogP contribution in [0.15, 0.2) is 42.6 Å². The van der Waals surface area contributed by atoms with E-state index in [1.165, 1.54) is 25.1 Å². The van der Waals surface area contributed by atoms with Crippen LogP contribution >= 0.6 is 0 Å². The van der Waals surface area contributed by atoms with Gasteiger partial charge in [-0.3, -0.25) is 9.59 Å². The normalized spacial score (nSPS) is 14.6. The Labute approximate surface area is 164 Å². The summed E-state index contributed by atoms with van der Waals surface area (Å²) in [6, 6.07) is 9.49. The van der Waals surface area contributed by atoms with Crippen molar-refractivity contribution in [2.75, 3.05) is 23.3 Å². The molecule has 0 bridgehead atoms. The monoisotopic (exact) mass is 384 g/mol. The molecule has 0 radical (unpaired) electrons. The van der Waals surface area contributed by atoms with Gasteiger partial charge in [0.2, 0.25) is 11.9 Å². The Balaban J connectivity index is 1.67. The zero-order valence-electron chi connectivity index (χ0n) is 16.0. The van der Waals surface area contributed by atoms with E-state index in [1.807, 2.05) is 31.2 Å². The lowest BCUT2D eigenvalue weighted by molar-refractivity contribution is -0.118. The Kier molecular flexibility index (Phi) is 6.57. The third-order valence-electron chi connectivity index (χ3n) is 4.77. The molecule has 3 rings (SSSR count). The highest BCUT2D eigenvalue weighted by Crippen LogP contribution is 2.23. The summed E-state index contributed by atoms with van der Waals surface area (Å²) in [5.41, 5.74) is 1.91. The molecule has 1 aliphatic rings. The summed E-state index contributed by atoms with van der Waals surface area (Å²) in [5.74, 6) is -1.52. The summed E-state index contributed by atoms with van der Waals surface area (Å²) in [7, 11) is 0. The van der Waals surface area contributed by atoms with Crippen molar-refractivity contribution in [2.24, 2.45) is 0 Å². The van der Waals surface area contributed by atoms with Gasteiger partial charge in [-0.1, -0.05) is 19.4 Å². The average Bonchev–Trinajstić information content (AvgIpc) is 3.22. The average molecular weight is 384 g/mol. The van der Waals surface area contributed by atoms with E-state index in [0.717, 1.165) is 31.3 Å². The van der Waals surface area contributed by atoms with Crippen molar-refractivity contribution in [3.63, 3.8) is 0 Å². The molecule has 7 heteroatoms. The van der Waals surface area contributed by atoms with E-state index in [0.29, 0.717) is 12.1 Å². The minimum atomic E-state index is -0.733. The minimum Gasteiger partial charge on any atom is -0.371 e.